The first-order valence-corrected chi connectivity index (χ1v) is 12.9. The van der Waals surface area contributed by atoms with Crippen molar-refractivity contribution < 1.29 is 20.1 Å². The maximum atomic E-state index is 5.07. The molecule has 1 saturated carbocycles. The molecule has 6 rings (SSSR count). The molecule has 2 aliphatic rings. The summed E-state index contributed by atoms with van der Waals surface area (Å²) in [6.07, 6.45) is 6.82. The molecule has 0 amide bonds. The van der Waals surface area contributed by atoms with E-state index in [1.54, 1.807) is 5.56 Å². The molecular weight excluding hydrogens is 603 g/mol. The van der Waals surface area contributed by atoms with Crippen LogP contribution in [0, 0.1) is 6.07 Å². The molecule has 0 spiro atoms. The van der Waals surface area contributed by atoms with E-state index in [9.17, 15) is 0 Å². The zero-order valence-corrected chi connectivity index (χ0v) is 23.6. The van der Waals surface area contributed by atoms with E-state index in [0.29, 0.717) is 0 Å². The second kappa shape index (κ2) is 8.98. The minimum atomic E-state index is -0.119. The van der Waals surface area contributed by atoms with Crippen molar-refractivity contribution in [3.05, 3.63) is 101 Å². The van der Waals surface area contributed by atoms with E-state index >= 15 is 0 Å². The molecule has 3 aromatic carbocycles. The van der Waals surface area contributed by atoms with Gasteiger partial charge in [-0.1, -0.05) is 95.5 Å². The molecule has 0 saturated heterocycles. The van der Waals surface area contributed by atoms with Gasteiger partial charge in [0.25, 0.3) is 0 Å². The van der Waals surface area contributed by atoms with Crippen LogP contribution in [0.1, 0.15) is 93.5 Å². The van der Waals surface area contributed by atoms with Gasteiger partial charge in [0.15, 0.2) is 0 Å². The molecule has 0 N–H and O–H groups in total. The number of nitrogens with zero attached hydrogens (tertiary/aromatic N) is 1. The molecule has 0 atom stereocenters. The van der Waals surface area contributed by atoms with Crippen molar-refractivity contribution in [1.82, 2.24) is 4.98 Å². The fourth-order valence-electron chi connectivity index (χ4n) is 6.67. The predicted octanol–water partition coefficient (Wildman–Crippen LogP) is 8.71. The van der Waals surface area contributed by atoms with Crippen LogP contribution >= 0.6 is 0 Å². The molecule has 0 aliphatic heterocycles. The van der Waals surface area contributed by atoms with Gasteiger partial charge < -0.3 is 0 Å². The molecule has 35 heavy (non-hydrogen) atoms. The Bertz CT molecular complexity index is 1390. The van der Waals surface area contributed by atoms with Gasteiger partial charge in [-0.05, 0) is 63.4 Å². The first-order valence-electron chi connectivity index (χ1n) is 12.9. The molecular formula is C33H34IrN-. The molecule has 1 fully saturated rings. The maximum absolute atomic E-state index is 5.07. The smallest absolute Gasteiger partial charge is 0.0595 e. The fraction of sp³-hybridized carbons (Fsp3) is 0.364. The number of benzene rings is 3. The Morgan fingerprint density at radius 3 is 2.34 bits per heavy atom. The zero-order valence-electron chi connectivity index (χ0n) is 21.2. The van der Waals surface area contributed by atoms with Crippen molar-refractivity contribution in [2.24, 2.45) is 0 Å². The summed E-state index contributed by atoms with van der Waals surface area (Å²) in [5.74, 6) is 0.723. The largest absolute Gasteiger partial charge is 0.296 e. The molecule has 0 unspecified atom stereocenters. The van der Waals surface area contributed by atoms with Gasteiger partial charge in [-0.15, -0.1) is 34.9 Å². The molecule has 1 heterocycles. The third-order valence-corrected chi connectivity index (χ3v) is 8.62. The van der Waals surface area contributed by atoms with Crippen LogP contribution in [0.15, 0.2) is 66.7 Å². The zero-order chi connectivity index (χ0) is 23.5. The molecule has 181 valence electrons. The summed E-state index contributed by atoms with van der Waals surface area (Å²) < 4.78 is 0. The molecule has 0 bridgehead atoms. The molecule has 1 aromatic heterocycles. The van der Waals surface area contributed by atoms with Crippen LogP contribution in [-0.2, 0) is 30.9 Å². The molecule has 1 radical (unpaired) electrons. The second-order valence-corrected chi connectivity index (χ2v) is 11.4. The average molecular weight is 637 g/mol. The minimum absolute atomic E-state index is 0. The normalized spacial score (nSPS) is 18.4. The van der Waals surface area contributed by atoms with Gasteiger partial charge in [0, 0.05) is 20.1 Å². The minimum Gasteiger partial charge on any atom is -0.296 e. The Balaban J connectivity index is 0.00000253. The summed E-state index contributed by atoms with van der Waals surface area (Å²) in [6.45, 7) is 9.58. The molecule has 2 aliphatic carbocycles. The Hall–Kier alpha value is -2.28. The van der Waals surface area contributed by atoms with Gasteiger partial charge in [0.1, 0.15) is 0 Å². The van der Waals surface area contributed by atoms with E-state index in [1.807, 2.05) is 0 Å². The van der Waals surface area contributed by atoms with E-state index in [0.717, 1.165) is 22.7 Å². The third-order valence-electron chi connectivity index (χ3n) is 8.62. The fourth-order valence-corrected chi connectivity index (χ4v) is 6.67. The second-order valence-electron chi connectivity index (χ2n) is 11.4. The van der Waals surface area contributed by atoms with Crippen molar-refractivity contribution in [3.8, 4) is 11.3 Å². The molecule has 2 heteroatoms. The summed E-state index contributed by atoms with van der Waals surface area (Å²) >= 11 is 0. The number of rotatable bonds is 2. The number of hydrogen-bond acceptors (Lipinski definition) is 1. The predicted molar refractivity (Wildman–Crippen MR) is 143 cm³/mol. The summed E-state index contributed by atoms with van der Waals surface area (Å²) in [6, 6.07) is 28.2. The summed E-state index contributed by atoms with van der Waals surface area (Å²) in [4.78, 5) is 5.07. The first-order chi connectivity index (χ1) is 16.4. The van der Waals surface area contributed by atoms with Crippen molar-refractivity contribution in [2.75, 3.05) is 0 Å². The van der Waals surface area contributed by atoms with Gasteiger partial charge in [0.2, 0.25) is 0 Å². The van der Waals surface area contributed by atoms with Crippen LogP contribution in [0.3, 0.4) is 0 Å². The monoisotopic (exact) mass is 637 g/mol. The third kappa shape index (κ3) is 3.90. The Labute approximate surface area is 223 Å². The number of fused-ring (bicyclic) bond motifs is 3. The van der Waals surface area contributed by atoms with Crippen molar-refractivity contribution >= 4 is 10.9 Å². The molecule has 4 aromatic rings. The topological polar surface area (TPSA) is 12.9 Å². The Morgan fingerprint density at radius 1 is 0.771 bits per heavy atom. The SMILES string of the molecule is CC1(C)c2cc(C3CCCCC3)ccc2C(C)(C)c2c(-c3ccc4ccccc4n3)[c-]ccc21.[Ir]. The van der Waals surface area contributed by atoms with Crippen LogP contribution in [-0.4, -0.2) is 4.98 Å². The summed E-state index contributed by atoms with van der Waals surface area (Å²) in [7, 11) is 0. The van der Waals surface area contributed by atoms with E-state index in [2.05, 4.69) is 100 Å². The number of pyridine rings is 1. The van der Waals surface area contributed by atoms with Crippen LogP contribution in [0.2, 0.25) is 0 Å². The number of hydrogen-bond donors (Lipinski definition) is 0. The van der Waals surface area contributed by atoms with Gasteiger partial charge in [-0.25, -0.2) is 0 Å². The first kappa shape index (κ1) is 24.4. The number of para-hydroxylation sites is 1. The molecule has 1 nitrogen and oxygen atoms in total. The summed E-state index contributed by atoms with van der Waals surface area (Å²) in [5.41, 5.74) is 10.3. The van der Waals surface area contributed by atoms with Crippen molar-refractivity contribution in [2.45, 2.75) is 76.5 Å². The quantitative estimate of drug-likeness (QED) is 0.201. The maximum Gasteiger partial charge on any atom is 0.0595 e. The van der Waals surface area contributed by atoms with Gasteiger partial charge >= 0.3 is 0 Å². The van der Waals surface area contributed by atoms with Crippen LogP contribution in [0.25, 0.3) is 22.2 Å². The Kier molecular flexibility index (Phi) is 6.27. The average Bonchev–Trinajstić information content (AvgIpc) is 2.87. The van der Waals surface area contributed by atoms with E-state index in [4.69, 9.17) is 4.98 Å². The van der Waals surface area contributed by atoms with E-state index in [1.165, 1.54) is 59.7 Å². The van der Waals surface area contributed by atoms with Gasteiger partial charge in [0.05, 0.1) is 5.52 Å². The number of aromatic nitrogens is 1. The Morgan fingerprint density at radius 2 is 1.54 bits per heavy atom. The van der Waals surface area contributed by atoms with Gasteiger partial charge in [-0.3, -0.25) is 4.98 Å². The van der Waals surface area contributed by atoms with E-state index in [-0.39, 0.29) is 30.9 Å². The standard InChI is InChI=1S/C33H34N.Ir/c1-32(2)27-15-10-14-25(30-20-18-23-13-8-9-16-29(23)34-30)31(27)33(3,4)26-19-17-24(21-28(26)32)22-11-6-5-7-12-22;/h8-10,13,15-22H,5-7,11-12H2,1-4H3;/q-1;. The van der Waals surface area contributed by atoms with Crippen molar-refractivity contribution in [1.29, 1.82) is 0 Å². The van der Waals surface area contributed by atoms with Crippen LogP contribution < -0.4 is 0 Å². The van der Waals surface area contributed by atoms with Crippen molar-refractivity contribution in [3.63, 3.8) is 0 Å². The van der Waals surface area contributed by atoms with Crippen LogP contribution in [0.5, 0.6) is 0 Å². The van der Waals surface area contributed by atoms with Crippen LogP contribution in [0.4, 0.5) is 0 Å². The van der Waals surface area contributed by atoms with E-state index < -0.39 is 0 Å². The summed E-state index contributed by atoms with van der Waals surface area (Å²) in [5, 5.41) is 1.18. The van der Waals surface area contributed by atoms with Gasteiger partial charge in [-0.2, -0.15) is 0 Å².